The van der Waals surface area contributed by atoms with E-state index >= 15 is 0 Å². The number of hydroxylamine groups is 1. The van der Waals surface area contributed by atoms with Crippen LogP contribution in [0.15, 0.2) is 24.3 Å². The van der Waals surface area contributed by atoms with Crippen molar-refractivity contribution in [3.8, 4) is 0 Å². The van der Waals surface area contributed by atoms with Crippen LogP contribution in [0.3, 0.4) is 0 Å². The molecule has 0 aromatic rings. The Morgan fingerprint density at radius 3 is 2.57 bits per heavy atom. The van der Waals surface area contributed by atoms with Gasteiger partial charge in [-0.05, 0) is 86.9 Å². The van der Waals surface area contributed by atoms with Gasteiger partial charge in [0, 0.05) is 12.0 Å². The number of aliphatic hydroxyl groups is 2. The summed E-state index contributed by atoms with van der Waals surface area (Å²) in [6.07, 6.45) is 17.8. The Kier molecular flexibility index (Phi) is 5.54. The lowest BCUT2D eigenvalue weighted by Gasteiger charge is -2.63. The van der Waals surface area contributed by atoms with E-state index in [9.17, 15) is 10.2 Å². The molecule has 0 heterocycles. The molecule has 0 aromatic heterocycles. The average Bonchev–Trinajstić information content (AvgIpc) is 2.93. The van der Waals surface area contributed by atoms with Crippen LogP contribution in [0.5, 0.6) is 0 Å². The first-order chi connectivity index (χ1) is 13.3. The van der Waals surface area contributed by atoms with Gasteiger partial charge in [-0.25, -0.2) is 5.48 Å². The van der Waals surface area contributed by atoms with Gasteiger partial charge in [0.05, 0.1) is 11.7 Å². The Balaban J connectivity index is 1.55. The molecule has 8 atom stereocenters. The number of allylic oxidation sites excluding steroid dienone is 3. The van der Waals surface area contributed by atoms with Gasteiger partial charge in [-0.2, -0.15) is 0 Å². The van der Waals surface area contributed by atoms with Crippen LogP contribution in [-0.2, 0) is 0 Å². The Morgan fingerprint density at radius 2 is 1.79 bits per heavy atom. The number of hydrogen-bond donors (Lipinski definition) is 4. The minimum Gasteiger partial charge on any atom is -0.393 e. The first kappa shape index (κ1) is 20.6. The molecule has 0 aromatic carbocycles. The lowest BCUT2D eigenvalue weighted by atomic mass is 9.43. The molecule has 4 nitrogen and oxygen atoms in total. The molecule has 0 aliphatic heterocycles. The third kappa shape index (κ3) is 3.03. The molecule has 0 saturated heterocycles. The van der Waals surface area contributed by atoms with Crippen molar-refractivity contribution in [3.63, 3.8) is 0 Å². The molecule has 158 valence electrons. The van der Waals surface area contributed by atoms with Gasteiger partial charge in [-0.1, -0.05) is 38.2 Å². The molecule has 28 heavy (non-hydrogen) atoms. The summed E-state index contributed by atoms with van der Waals surface area (Å²) < 4.78 is 0. The number of rotatable bonds is 4. The molecular weight excluding hydrogens is 350 g/mol. The second-order valence-electron chi connectivity index (χ2n) is 10.6. The molecule has 3 unspecified atom stereocenters. The number of nitrogens with one attached hydrogen (secondary N) is 1. The molecule has 4 aliphatic rings. The highest BCUT2D eigenvalue weighted by Crippen LogP contribution is 2.69. The maximum absolute atomic E-state index is 12.1. The Morgan fingerprint density at radius 1 is 0.964 bits per heavy atom. The summed E-state index contributed by atoms with van der Waals surface area (Å²) in [6, 6.07) is 0. The van der Waals surface area contributed by atoms with Gasteiger partial charge < -0.3 is 15.4 Å². The standard InChI is InChI=1S/C24H39NO3/c1-22-12-10-19(26)16-18(22)7-8-21-20(22)11-13-23(2)17(9-14-24(21,23)27)6-4-3-5-15-25-28/h3-6,17-21,25-28H,7-16H2,1-2H3/t17?,18?,19?,20-,21-,22+,23-,24-/m1/s1. The van der Waals surface area contributed by atoms with Crippen LogP contribution < -0.4 is 5.48 Å². The number of aliphatic hydroxyl groups excluding tert-OH is 1. The van der Waals surface area contributed by atoms with E-state index in [1.54, 1.807) is 0 Å². The lowest BCUT2D eigenvalue weighted by Crippen LogP contribution is -2.62. The quantitative estimate of drug-likeness (QED) is 0.429. The summed E-state index contributed by atoms with van der Waals surface area (Å²) in [6.45, 7) is 5.26. The monoisotopic (exact) mass is 389 g/mol. The van der Waals surface area contributed by atoms with Crippen molar-refractivity contribution in [1.29, 1.82) is 0 Å². The molecule has 0 bridgehead atoms. The number of fused-ring (bicyclic) bond motifs is 5. The maximum atomic E-state index is 12.1. The fourth-order valence-electron chi connectivity index (χ4n) is 7.95. The van der Waals surface area contributed by atoms with E-state index in [2.05, 4.69) is 31.5 Å². The second kappa shape index (κ2) is 7.54. The zero-order valence-electron chi connectivity index (χ0n) is 17.6. The molecule has 4 heteroatoms. The van der Waals surface area contributed by atoms with Gasteiger partial charge >= 0.3 is 0 Å². The van der Waals surface area contributed by atoms with Crippen LogP contribution in [0.25, 0.3) is 0 Å². The van der Waals surface area contributed by atoms with Gasteiger partial charge in [0.25, 0.3) is 0 Å². The van der Waals surface area contributed by atoms with E-state index in [0.29, 0.717) is 35.6 Å². The van der Waals surface area contributed by atoms with Crippen molar-refractivity contribution in [3.05, 3.63) is 24.3 Å². The normalized spacial score (nSPS) is 51.2. The zero-order chi connectivity index (χ0) is 20.0. The molecule has 4 rings (SSSR count). The average molecular weight is 390 g/mol. The third-order valence-electron chi connectivity index (χ3n) is 9.70. The van der Waals surface area contributed by atoms with Crippen molar-refractivity contribution >= 4 is 0 Å². The van der Waals surface area contributed by atoms with E-state index < -0.39 is 5.60 Å². The van der Waals surface area contributed by atoms with E-state index in [0.717, 1.165) is 44.9 Å². The third-order valence-corrected chi connectivity index (χ3v) is 9.70. The molecule has 4 fully saturated rings. The molecule has 0 spiro atoms. The predicted molar refractivity (Wildman–Crippen MR) is 111 cm³/mol. The highest BCUT2D eigenvalue weighted by atomic mass is 16.5. The first-order valence-electron chi connectivity index (χ1n) is 11.5. The minimum absolute atomic E-state index is 0.0366. The van der Waals surface area contributed by atoms with Crippen molar-refractivity contribution < 1.29 is 15.4 Å². The summed E-state index contributed by atoms with van der Waals surface area (Å²) in [5.41, 5.74) is 1.85. The Hall–Kier alpha value is -0.680. The molecular formula is C24H39NO3. The smallest absolute Gasteiger partial charge is 0.0737 e. The zero-order valence-corrected chi connectivity index (χ0v) is 17.6. The topological polar surface area (TPSA) is 72.7 Å². The summed E-state index contributed by atoms with van der Waals surface area (Å²) in [7, 11) is 0. The highest BCUT2D eigenvalue weighted by molar-refractivity contribution is 5.20. The fraction of sp³-hybridized carbons (Fsp3) is 0.833. The van der Waals surface area contributed by atoms with Crippen molar-refractivity contribution in [1.82, 2.24) is 5.48 Å². The van der Waals surface area contributed by atoms with Gasteiger partial charge in [-0.3, -0.25) is 0 Å². The predicted octanol–water partition coefficient (Wildman–Crippen LogP) is 4.21. The largest absolute Gasteiger partial charge is 0.393 e. The van der Waals surface area contributed by atoms with Crippen molar-refractivity contribution in [2.75, 3.05) is 6.54 Å². The van der Waals surface area contributed by atoms with Crippen LogP contribution >= 0.6 is 0 Å². The minimum atomic E-state index is -0.550. The number of hydrogen-bond acceptors (Lipinski definition) is 4. The fourth-order valence-corrected chi connectivity index (χ4v) is 7.95. The van der Waals surface area contributed by atoms with Crippen molar-refractivity contribution in [2.45, 2.75) is 83.3 Å². The molecule has 4 saturated carbocycles. The van der Waals surface area contributed by atoms with Crippen LogP contribution in [0.4, 0.5) is 0 Å². The van der Waals surface area contributed by atoms with E-state index in [1.807, 2.05) is 12.2 Å². The Bertz CT molecular complexity index is 633. The van der Waals surface area contributed by atoms with Gasteiger partial charge in [0.1, 0.15) is 0 Å². The summed E-state index contributed by atoms with van der Waals surface area (Å²) in [4.78, 5) is 0. The van der Waals surface area contributed by atoms with Gasteiger partial charge in [0.15, 0.2) is 0 Å². The molecule has 0 amide bonds. The summed E-state index contributed by atoms with van der Waals surface area (Å²) >= 11 is 0. The lowest BCUT2D eigenvalue weighted by molar-refractivity contribution is -0.207. The van der Waals surface area contributed by atoms with E-state index in [-0.39, 0.29) is 11.5 Å². The molecule has 0 radical (unpaired) electrons. The molecule has 4 aliphatic carbocycles. The summed E-state index contributed by atoms with van der Waals surface area (Å²) in [5.74, 6) is 2.07. The van der Waals surface area contributed by atoms with Crippen LogP contribution in [-0.4, -0.2) is 33.7 Å². The van der Waals surface area contributed by atoms with Gasteiger partial charge in [-0.15, -0.1) is 0 Å². The van der Waals surface area contributed by atoms with Crippen molar-refractivity contribution in [2.24, 2.45) is 34.5 Å². The second-order valence-corrected chi connectivity index (χ2v) is 10.6. The first-order valence-corrected chi connectivity index (χ1v) is 11.5. The maximum Gasteiger partial charge on any atom is 0.0737 e. The van der Waals surface area contributed by atoms with Crippen LogP contribution in [0, 0.1) is 34.5 Å². The Labute approximate surface area is 170 Å². The van der Waals surface area contributed by atoms with Gasteiger partial charge in [0.2, 0.25) is 0 Å². The highest BCUT2D eigenvalue weighted by Gasteiger charge is 2.66. The SMILES string of the molecule is C[C@]12CCC(O)CC1CC[C@@H]1[C@H]2CC[C@]2(C)C(C=CC=CCNO)CC[C@@]12O. The molecule has 4 N–H and O–H groups in total. The van der Waals surface area contributed by atoms with E-state index in [4.69, 9.17) is 5.21 Å². The van der Waals surface area contributed by atoms with Crippen LogP contribution in [0.1, 0.15) is 71.6 Å². The van der Waals surface area contributed by atoms with E-state index in [1.165, 1.54) is 12.8 Å². The summed E-state index contributed by atoms with van der Waals surface area (Å²) in [5, 5.41) is 30.9. The van der Waals surface area contributed by atoms with Crippen LogP contribution in [0.2, 0.25) is 0 Å².